The van der Waals surface area contributed by atoms with Gasteiger partial charge in [0.1, 0.15) is 0 Å². The number of fused-ring (bicyclic) bond motifs is 1. The van der Waals surface area contributed by atoms with Gasteiger partial charge in [-0.1, -0.05) is 26.0 Å². The third-order valence-corrected chi connectivity index (χ3v) is 3.68. The second-order valence-electron chi connectivity index (χ2n) is 4.77. The molecule has 98 valence electrons. The Hall–Kier alpha value is -1.55. The van der Waals surface area contributed by atoms with E-state index in [4.69, 9.17) is 0 Å². The van der Waals surface area contributed by atoms with Gasteiger partial charge in [0.25, 0.3) is 0 Å². The summed E-state index contributed by atoms with van der Waals surface area (Å²) >= 11 is 0. The molecular weight excluding hydrogens is 226 g/mol. The molecule has 0 bridgehead atoms. The predicted molar refractivity (Wildman–Crippen MR) is 74.7 cm³/mol. The van der Waals surface area contributed by atoms with Crippen molar-refractivity contribution < 1.29 is 5.11 Å². The van der Waals surface area contributed by atoms with Crippen LogP contribution in [0.25, 0.3) is 11.0 Å². The highest BCUT2D eigenvalue weighted by Crippen LogP contribution is 2.20. The van der Waals surface area contributed by atoms with Crippen LogP contribution in [0.3, 0.4) is 0 Å². The Morgan fingerprint density at radius 3 is 2.56 bits per heavy atom. The van der Waals surface area contributed by atoms with E-state index in [9.17, 15) is 5.11 Å². The topological polar surface area (TPSA) is 50.1 Å². The normalized spacial score (nSPS) is 12.0. The number of aryl methyl sites for hydroxylation is 1. The van der Waals surface area contributed by atoms with Gasteiger partial charge in [0.15, 0.2) is 0 Å². The standard InChI is InChI=1S/C14H21N3O/c1-4-14(18,5-2)10-15-13-16-11-8-6-7-9-12(11)17(13)3/h6-9,18H,4-5,10H2,1-3H3,(H,15,16). The summed E-state index contributed by atoms with van der Waals surface area (Å²) in [5, 5.41) is 13.5. The highest BCUT2D eigenvalue weighted by atomic mass is 16.3. The van der Waals surface area contributed by atoms with Crippen molar-refractivity contribution in [2.24, 2.45) is 7.05 Å². The minimum absolute atomic E-state index is 0.525. The molecule has 4 nitrogen and oxygen atoms in total. The van der Waals surface area contributed by atoms with E-state index < -0.39 is 5.60 Å². The van der Waals surface area contributed by atoms with Gasteiger partial charge in [-0.25, -0.2) is 4.98 Å². The number of nitrogens with one attached hydrogen (secondary N) is 1. The highest BCUT2D eigenvalue weighted by Gasteiger charge is 2.22. The second kappa shape index (κ2) is 4.98. The van der Waals surface area contributed by atoms with Crippen LogP contribution in [0.5, 0.6) is 0 Å². The first-order valence-electron chi connectivity index (χ1n) is 6.47. The summed E-state index contributed by atoms with van der Waals surface area (Å²) in [5.74, 6) is 0.802. The van der Waals surface area contributed by atoms with Gasteiger partial charge in [-0.15, -0.1) is 0 Å². The van der Waals surface area contributed by atoms with Crippen LogP contribution < -0.4 is 5.32 Å². The van der Waals surface area contributed by atoms with Crippen LogP contribution in [-0.2, 0) is 7.05 Å². The fourth-order valence-corrected chi connectivity index (χ4v) is 2.05. The lowest BCUT2D eigenvalue weighted by Gasteiger charge is -2.25. The number of imidazole rings is 1. The van der Waals surface area contributed by atoms with E-state index in [0.717, 1.165) is 29.8 Å². The van der Waals surface area contributed by atoms with Crippen molar-refractivity contribution in [3.05, 3.63) is 24.3 Å². The first-order valence-corrected chi connectivity index (χ1v) is 6.47. The molecule has 0 amide bonds. The molecule has 0 atom stereocenters. The molecular formula is C14H21N3O. The fourth-order valence-electron chi connectivity index (χ4n) is 2.05. The number of benzene rings is 1. The Balaban J connectivity index is 2.20. The maximum absolute atomic E-state index is 10.3. The first-order chi connectivity index (χ1) is 8.59. The Labute approximate surface area is 108 Å². The van der Waals surface area contributed by atoms with Crippen molar-refractivity contribution in [2.75, 3.05) is 11.9 Å². The van der Waals surface area contributed by atoms with Crippen LogP contribution in [-0.4, -0.2) is 26.8 Å². The zero-order chi connectivity index (χ0) is 13.2. The Morgan fingerprint density at radius 1 is 1.28 bits per heavy atom. The maximum Gasteiger partial charge on any atom is 0.203 e. The molecule has 0 aliphatic heterocycles. The summed E-state index contributed by atoms with van der Waals surface area (Å²) in [5.41, 5.74) is 1.41. The zero-order valence-corrected chi connectivity index (χ0v) is 11.3. The Morgan fingerprint density at radius 2 is 1.94 bits per heavy atom. The molecule has 18 heavy (non-hydrogen) atoms. The molecule has 0 fully saturated rings. The van der Waals surface area contributed by atoms with E-state index >= 15 is 0 Å². The van der Waals surface area contributed by atoms with E-state index in [1.165, 1.54) is 0 Å². The van der Waals surface area contributed by atoms with E-state index in [1.54, 1.807) is 0 Å². The monoisotopic (exact) mass is 247 g/mol. The Kier molecular flexibility index (Phi) is 3.57. The molecule has 0 saturated heterocycles. The molecule has 0 radical (unpaired) electrons. The van der Waals surface area contributed by atoms with Crippen molar-refractivity contribution in [1.29, 1.82) is 0 Å². The summed E-state index contributed by atoms with van der Waals surface area (Å²) in [7, 11) is 1.98. The Bertz CT molecular complexity index is 529. The average molecular weight is 247 g/mol. The van der Waals surface area contributed by atoms with Gasteiger partial charge < -0.3 is 15.0 Å². The second-order valence-corrected chi connectivity index (χ2v) is 4.77. The zero-order valence-electron chi connectivity index (χ0n) is 11.3. The van der Waals surface area contributed by atoms with Gasteiger partial charge in [0.2, 0.25) is 5.95 Å². The minimum Gasteiger partial charge on any atom is -0.388 e. The number of anilines is 1. The maximum atomic E-state index is 10.3. The van der Waals surface area contributed by atoms with Crippen LogP contribution in [0.4, 0.5) is 5.95 Å². The van der Waals surface area contributed by atoms with Gasteiger partial charge >= 0.3 is 0 Å². The van der Waals surface area contributed by atoms with Crippen molar-refractivity contribution in [1.82, 2.24) is 9.55 Å². The molecule has 0 saturated carbocycles. The lowest BCUT2D eigenvalue weighted by Crippen LogP contribution is -2.35. The molecule has 0 spiro atoms. The molecule has 0 unspecified atom stereocenters. The quantitative estimate of drug-likeness (QED) is 0.853. The average Bonchev–Trinajstić information content (AvgIpc) is 2.73. The molecule has 1 aromatic heterocycles. The van der Waals surface area contributed by atoms with E-state index in [2.05, 4.69) is 10.3 Å². The molecule has 2 rings (SSSR count). The van der Waals surface area contributed by atoms with Crippen LogP contribution >= 0.6 is 0 Å². The first kappa shape index (κ1) is 12.9. The van der Waals surface area contributed by atoms with E-state index in [-0.39, 0.29) is 0 Å². The number of rotatable bonds is 5. The SMILES string of the molecule is CCC(O)(CC)CNc1nc2ccccc2n1C. The molecule has 1 aromatic carbocycles. The van der Waals surface area contributed by atoms with Crippen molar-refractivity contribution in [2.45, 2.75) is 32.3 Å². The molecule has 2 N–H and O–H groups in total. The largest absolute Gasteiger partial charge is 0.388 e. The highest BCUT2D eigenvalue weighted by molar-refractivity contribution is 5.78. The number of hydrogen-bond acceptors (Lipinski definition) is 3. The van der Waals surface area contributed by atoms with Crippen molar-refractivity contribution >= 4 is 17.0 Å². The number of hydrogen-bond donors (Lipinski definition) is 2. The third kappa shape index (κ3) is 2.34. The van der Waals surface area contributed by atoms with Gasteiger partial charge in [-0.05, 0) is 25.0 Å². The van der Waals surface area contributed by atoms with Crippen LogP contribution in [0, 0.1) is 0 Å². The molecule has 1 heterocycles. The van der Waals surface area contributed by atoms with Gasteiger partial charge in [-0.3, -0.25) is 0 Å². The van der Waals surface area contributed by atoms with Crippen LogP contribution in [0.2, 0.25) is 0 Å². The molecule has 2 aromatic rings. The number of aromatic nitrogens is 2. The number of aliphatic hydroxyl groups is 1. The molecule has 0 aliphatic carbocycles. The van der Waals surface area contributed by atoms with Gasteiger partial charge in [0, 0.05) is 13.6 Å². The van der Waals surface area contributed by atoms with Gasteiger partial charge in [0.05, 0.1) is 16.6 Å². The lowest BCUT2D eigenvalue weighted by atomic mass is 9.98. The van der Waals surface area contributed by atoms with Crippen molar-refractivity contribution in [3.63, 3.8) is 0 Å². The van der Waals surface area contributed by atoms with Crippen LogP contribution in [0.1, 0.15) is 26.7 Å². The van der Waals surface area contributed by atoms with E-state index in [0.29, 0.717) is 6.54 Å². The summed E-state index contributed by atoms with van der Waals surface area (Å²) in [6, 6.07) is 8.02. The molecule has 4 heteroatoms. The fraction of sp³-hybridized carbons (Fsp3) is 0.500. The van der Waals surface area contributed by atoms with E-state index in [1.807, 2.05) is 49.7 Å². The summed E-state index contributed by atoms with van der Waals surface area (Å²) in [6.07, 6.45) is 1.47. The number of nitrogens with zero attached hydrogens (tertiary/aromatic N) is 2. The molecule has 0 aliphatic rings. The van der Waals surface area contributed by atoms with Gasteiger partial charge in [-0.2, -0.15) is 0 Å². The van der Waals surface area contributed by atoms with Crippen molar-refractivity contribution in [3.8, 4) is 0 Å². The number of para-hydroxylation sites is 2. The lowest BCUT2D eigenvalue weighted by molar-refractivity contribution is 0.0455. The summed E-state index contributed by atoms with van der Waals surface area (Å²) < 4.78 is 2.01. The minimum atomic E-state index is -0.655. The summed E-state index contributed by atoms with van der Waals surface area (Å²) in [6.45, 7) is 4.53. The third-order valence-electron chi connectivity index (χ3n) is 3.68. The summed E-state index contributed by atoms with van der Waals surface area (Å²) in [4.78, 5) is 4.52. The van der Waals surface area contributed by atoms with Crippen LogP contribution in [0.15, 0.2) is 24.3 Å². The predicted octanol–water partition coefficient (Wildman–Crippen LogP) is 2.54. The smallest absolute Gasteiger partial charge is 0.203 e.